The Hall–Kier alpha value is -1.49. The lowest BCUT2D eigenvalue weighted by Crippen LogP contribution is -2.30. The van der Waals surface area contributed by atoms with E-state index in [4.69, 9.17) is 9.52 Å². The molecule has 1 heterocycles. The molecule has 5 nitrogen and oxygen atoms in total. The molecule has 2 N–H and O–H groups in total. The fourth-order valence-electron chi connectivity index (χ4n) is 1.30. The highest BCUT2D eigenvalue weighted by atomic mass is 16.4. The second-order valence-corrected chi connectivity index (χ2v) is 3.52. The van der Waals surface area contributed by atoms with Gasteiger partial charge in [-0.25, -0.2) is 0 Å². The van der Waals surface area contributed by atoms with Gasteiger partial charge in [0.05, 0.1) is 12.5 Å². The number of hydrogen-bond donors (Lipinski definition) is 2. The largest absolute Gasteiger partial charge is 0.481 e. The van der Waals surface area contributed by atoms with E-state index >= 15 is 0 Å². The number of carbonyl (C=O) groups is 1. The zero-order valence-electron chi connectivity index (χ0n) is 8.80. The van der Waals surface area contributed by atoms with E-state index in [1.165, 1.54) is 0 Å². The molecule has 0 saturated heterocycles. The van der Waals surface area contributed by atoms with Crippen molar-refractivity contribution in [1.29, 1.82) is 0 Å². The van der Waals surface area contributed by atoms with Gasteiger partial charge in [0, 0.05) is 19.7 Å². The number of furan rings is 1. The molecule has 1 aromatic heterocycles. The fraction of sp³-hybridized carbons (Fsp3) is 0.500. The Labute approximate surface area is 87.9 Å². The molecule has 0 aliphatic rings. The summed E-state index contributed by atoms with van der Waals surface area (Å²) in [6.45, 7) is 2.06. The van der Waals surface area contributed by atoms with E-state index in [0.29, 0.717) is 5.88 Å². The number of aliphatic carboxylic acids is 1. The maximum Gasteiger partial charge on any atom is 0.306 e. The summed E-state index contributed by atoms with van der Waals surface area (Å²) in [7, 11) is 1.74. The first-order valence-corrected chi connectivity index (χ1v) is 4.66. The summed E-state index contributed by atoms with van der Waals surface area (Å²) in [5, 5.41) is 17.9. The van der Waals surface area contributed by atoms with E-state index in [1.54, 1.807) is 18.0 Å². The molecule has 0 bridgehead atoms. The van der Waals surface area contributed by atoms with E-state index in [2.05, 4.69) is 0 Å². The second kappa shape index (κ2) is 4.84. The zero-order valence-corrected chi connectivity index (χ0v) is 8.80. The second-order valence-electron chi connectivity index (χ2n) is 3.52. The number of carboxylic acid groups (broad SMARTS) is 1. The van der Waals surface area contributed by atoms with Crippen molar-refractivity contribution in [3.8, 4) is 0 Å². The molecule has 0 radical (unpaired) electrons. The summed E-state index contributed by atoms with van der Waals surface area (Å²) in [5.74, 6) is 0.396. The molecule has 0 spiro atoms. The predicted molar refractivity (Wildman–Crippen MR) is 55.0 cm³/mol. The zero-order chi connectivity index (χ0) is 11.4. The van der Waals surface area contributed by atoms with Crippen LogP contribution in [0.4, 0.5) is 5.88 Å². The fourth-order valence-corrected chi connectivity index (χ4v) is 1.30. The number of rotatable bonds is 5. The van der Waals surface area contributed by atoms with Gasteiger partial charge in [-0.3, -0.25) is 4.79 Å². The van der Waals surface area contributed by atoms with Gasteiger partial charge in [0.15, 0.2) is 5.88 Å². The normalized spacial score (nSPS) is 12.5. The molecule has 1 unspecified atom stereocenters. The van der Waals surface area contributed by atoms with Crippen LogP contribution in [-0.2, 0) is 4.79 Å². The average Bonchev–Trinajstić information content (AvgIpc) is 2.49. The van der Waals surface area contributed by atoms with Crippen LogP contribution >= 0.6 is 0 Å². The van der Waals surface area contributed by atoms with Crippen molar-refractivity contribution in [1.82, 2.24) is 0 Å². The van der Waals surface area contributed by atoms with Gasteiger partial charge < -0.3 is 19.5 Å². The smallest absolute Gasteiger partial charge is 0.306 e. The van der Waals surface area contributed by atoms with Gasteiger partial charge in [0.25, 0.3) is 0 Å². The Morgan fingerprint density at radius 2 is 2.27 bits per heavy atom. The van der Waals surface area contributed by atoms with Crippen LogP contribution in [-0.4, -0.2) is 35.9 Å². The third kappa shape index (κ3) is 3.63. The van der Waals surface area contributed by atoms with Crippen LogP contribution in [0.2, 0.25) is 0 Å². The van der Waals surface area contributed by atoms with E-state index in [9.17, 15) is 9.90 Å². The molecular formula is C10H15NO4. The van der Waals surface area contributed by atoms with Crippen LogP contribution in [0, 0.1) is 6.92 Å². The van der Waals surface area contributed by atoms with Crippen molar-refractivity contribution in [2.75, 3.05) is 18.5 Å². The van der Waals surface area contributed by atoms with Crippen molar-refractivity contribution < 1.29 is 19.4 Å². The molecule has 0 aliphatic carbocycles. The van der Waals surface area contributed by atoms with E-state index in [0.717, 1.165) is 5.76 Å². The summed E-state index contributed by atoms with van der Waals surface area (Å²) in [5.41, 5.74) is 0. The minimum atomic E-state index is -1.01. The van der Waals surface area contributed by atoms with Gasteiger partial charge in [0.1, 0.15) is 5.76 Å². The number of aliphatic hydroxyl groups is 1. The maximum absolute atomic E-state index is 10.3. The molecule has 1 atom stereocenters. The summed E-state index contributed by atoms with van der Waals surface area (Å²) in [4.78, 5) is 12.0. The third-order valence-electron chi connectivity index (χ3n) is 2.00. The Morgan fingerprint density at radius 3 is 2.73 bits per heavy atom. The molecule has 0 fully saturated rings. The predicted octanol–water partition coefficient (Wildman–Crippen LogP) is 0.860. The summed E-state index contributed by atoms with van der Waals surface area (Å²) < 4.78 is 5.32. The van der Waals surface area contributed by atoms with Gasteiger partial charge in [0.2, 0.25) is 0 Å². The first-order valence-electron chi connectivity index (χ1n) is 4.66. The number of likely N-dealkylation sites (N-methyl/N-ethyl adjacent to an activating group) is 1. The SMILES string of the molecule is Cc1ccc(N(C)CC(O)CC(=O)O)o1. The molecule has 0 amide bonds. The van der Waals surface area contributed by atoms with Gasteiger partial charge >= 0.3 is 5.97 Å². The number of anilines is 1. The van der Waals surface area contributed by atoms with Gasteiger partial charge in [-0.15, -0.1) is 0 Å². The lowest BCUT2D eigenvalue weighted by molar-refractivity contribution is -0.139. The molecule has 1 rings (SSSR count). The van der Waals surface area contributed by atoms with Gasteiger partial charge in [-0.1, -0.05) is 0 Å². The summed E-state index contributed by atoms with van der Waals surface area (Å²) in [6.07, 6.45) is -1.15. The van der Waals surface area contributed by atoms with E-state index < -0.39 is 12.1 Å². The van der Waals surface area contributed by atoms with Crippen molar-refractivity contribution in [2.45, 2.75) is 19.4 Å². The van der Waals surface area contributed by atoms with Crippen LogP contribution in [0.15, 0.2) is 16.5 Å². The lowest BCUT2D eigenvalue weighted by Gasteiger charge is -2.18. The van der Waals surface area contributed by atoms with Crippen molar-refractivity contribution >= 4 is 11.9 Å². The minimum Gasteiger partial charge on any atom is -0.481 e. The van der Waals surface area contributed by atoms with Crippen LogP contribution in [0.3, 0.4) is 0 Å². The standard InChI is InChI=1S/C10H15NO4/c1-7-3-4-9(15-7)11(2)6-8(12)5-10(13)14/h3-4,8,12H,5-6H2,1-2H3,(H,13,14). The Bertz CT molecular complexity index is 334. The highest BCUT2D eigenvalue weighted by Gasteiger charge is 2.14. The first kappa shape index (κ1) is 11.6. The molecular weight excluding hydrogens is 198 g/mol. The maximum atomic E-state index is 10.3. The highest BCUT2D eigenvalue weighted by Crippen LogP contribution is 2.16. The summed E-state index contributed by atoms with van der Waals surface area (Å²) >= 11 is 0. The Morgan fingerprint density at radius 1 is 1.60 bits per heavy atom. The monoisotopic (exact) mass is 213 g/mol. The third-order valence-corrected chi connectivity index (χ3v) is 2.00. The molecule has 15 heavy (non-hydrogen) atoms. The van der Waals surface area contributed by atoms with E-state index in [1.807, 2.05) is 13.0 Å². The molecule has 0 saturated carbocycles. The molecule has 1 aromatic rings. The first-order chi connectivity index (χ1) is 6.99. The number of aryl methyl sites for hydroxylation is 1. The Balaban J connectivity index is 2.48. The molecule has 84 valence electrons. The minimum absolute atomic E-state index is 0.235. The molecule has 0 aliphatic heterocycles. The highest BCUT2D eigenvalue weighted by molar-refractivity contribution is 5.67. The van der Waals surface area contributed by atoms with E-state index in [-0.39, 0.29) is 13.0 Å². The topological polar surface area (TPSA) is 73.9 Å². The number of aliphatic hydroxyl groups excluding tert-OH is 1. The average molecular weight is 213 g/mol. The summed E-state index contributed by atoms with van der Waals surface area (Å²) in [6, 6.07) is 3.60. The number of nitrogens with zero attached hydrogens (tertiary/aromatic N) is 1. The Kier molecular flexibility index (Phi) is 3.74. The van der Waals surface area contributed by atoms with Crippen LogP contribution in [0.5, 0.6) is 0 Å². The quantitative estimate of drug-likeness (QED) is 0.758. The molecule has 5 heteroatoms. The van der Waals surface area contributed by atoms with Crippen LogP contribution < -0.4 is 4.90 Å². The number of carboxylic acids is 1. The van der Waals surface area contributed by atoms with Crippen LogP contribution in [0.25, 0.3) is 0 Å². The number of hydrogen-bond acceptors (Lipinski definition) is 4. The van der Waals surface area contributed by atoms with Crippen LogP contribution in [0.1, 0.15) is 12.2 Å². The van der Waals surface area contributed by atoms with Crippen molar-refractivity contribution in [3.05, 3.63) is 17.9 Å². The van der Waals surface area contributed by atoms with Crippen molar-refractivity contribution in [2.24, 2.45) is 0 Å². The lowest BCUT2D eigenvalue weighted by atomic mass is 10.2. The van der Waals surface area contributed by atoms with Gasteiger partial charge in [-0.05, 0) is 13.0 Å². The van der Waals surface area contributed by atoms with Gasteiger partial charge in [-0.2, -0.15) is 0 Å². The van der Waals surface area contributed by atoms with Crippen molar-refractivity contribution in [3.63, 3.8) is 0 Å². The molecule has 0 aromatic carbocycles.